The van der Waals surface area contributed by atoms with E-state index in [1.807, 2.05) is 36.5 Å². The van der Waals surface area contributed by atoms with Crippen LogP contribution >= 0.6 is 0 Å². The van der Waals surface area contributed by atoms with Crippen molar-refractivity contribution in [3.05, 3.63) is 90.9 Å². The molecule has 0 radical (unpaired) electrons. The zero-order chi connectivity index (χ0) is 25.6. The molecule has 2 aromatic carbocycles. The third kappa shape index (κ3) is 8.76. The van der Waals surface area contributed by atoms with Gasteiger partial charge in [0.25, 0.3) is 0 Å². The zero-order valence-electron chi connectivity index (χ0n) is 21.6. The fourth-order valence-electron chi connectivity index (χ4n) is 3.93. The molecule has 0 amide bonds. The zero-order valence-corrected chi connectivity index (χ0v) is 21.6. The van der Waals surface area contributed by atoms with Crippen molar-refractivity contribution in [1.82, 2.24) is 4.98 Å². The maximum atomic E-state index is 14.6. The lowest BCUT2D eigenvalue weighted by Crippen LogP contribution is -2.08. The molecule has 1 aromatic heterocycles. The van der Waals surface area contributed by atoms with Crippen LogP contribution in [-0.2, 0) is 4.74 Å². The van der Waals surface area contributed by atoms with Gasteiger partial charge >= 0.3 is 0 Å². The number of pyridine rings is 1. The molecule has 0 N–H and O–H groups in total. The Morgan fingerprint density at radius 3 is 2.50 bits per heavy atom. The lowest BCUT2D eigenvalue weighted by molar-refractivity contribution is 0.0566. The molecule has 4 heteroatoms. The summed E-state index contributed by atoms with van der Waals surface area (Å²) in [6, 6.07) is 16.8. The second kappa shape index (κ2) is 15.0. The fraction of sp³-hybridized carbons (Fsp3) is 0.344. The maximum Gasteiger partial charge on any atom is 0.134 e. The Balaban J connectivity index is 1.49. The van der Waals surface area contributed by atoms with Crippen molar-refractivity contribution >= 4 is 6.08 Å². The molecule has 3 rings (SSSR count). The van der Waals surface area contributed by atoms with Gasteiger partial charge < -0.3 is 9.47 Å². The summed E-state index contributed by atoms with van der Waals surface area (Å²) in [5.74, 6) is 0.181. The van der Waals surface area contributed by atoms with E-state index in [0.29, 0.717) is 24.0 Å². The Kier molecular flexibility index (Phi) is 11.4. The van der Waals surface area contributed by atoms with E-state index >= 15 is 0 Å². The highest BCUT2D eigenvalue weighted by atomic mass is 19.1. The van der Waals surface area contributed by atoms with Gasteiger partial charge in [-0.2, -0.15) is 0 Å². The lowest BCUT2D eigenvalue weighted by atomic mass is 10.0. The number of aromatic nitrogens is 1. The quantitative estimate of drug-likeness (QED) is 0.158. The molecule has 190 valence electrons. The Hall–Kier alpha value is -3.24. The first-order valence-electron chi connectivity index (χ1n) is 13.0. The second-order valence-corrected chi connectivity index (χ2v) is 9.02. The highest BCUT2D eigenvalue weighted by Crippen LogP contribution is 2.28. The third-order valence-corrected chi connectivity index (χ3v) is 6.03. The molecule has 3 nitrogen and oxygen atoms in total. The highest BCUT2D eigenvalue weighted by molar-refractivity contribution is 5.70. The van der Waals surface area contributed by atoms with Crippen LogP contribution in [0.4, 0.5) is 4.39 Å². The summed E-state index contributed by atoms with van der Waals surface area (Å²) in [4.78, 5) is 4.62. The SMILES string of the molecule is C=CCOc1ccc(-c2ccc(-c3ccc(/C=C/CCCC(C)OCCCCC)cn3)cc2)c(F)c1. The van der Waals surface area contributed by atoms with Gasteiger partial charge in [-0.3, -0.25) is 4.98 Å². The number of halogens is 1. The van der Waals surface area contributed by atoms with Crippen molar-refractivity contribution in [2.75, 3.05) is 13.2 Å². The van der Waals surface area contributed by atoms with Crippen LogP contribution in [0.3, 0.4) is 0 Å². The minimum Gasteiger partial charge on any atom is -0.489 e. The molecule has 0 aliphatic carbocycles. The van der Waals surface area contributed by atoms with Crippen LogP contribution in [0, 0.1) is 5.82 Å². The first-order chi connectivity index (χ1) is 17.6. The van der Waals surface area contributed by atoms with Crippen molar-refractivity contribution in [1.29, 1.82) is 0 Å². The lowest BCUT2D eigenvalue weighted by Gasteiger charge is -2.11. The molecular formula is C32H38FNO2. The molecule has 0 fully saturated rings. The predicted molar refractivity (Wildman–Crippen MR) is 149 cm³/mol. The third-order valence-electron chi connectivity index (χ3n) is 6.03. The Bertz CT molecular complexity index is 1090. The van der Waals surface area contributed by atoms with Crippen molar-refractivity contribution in [3.8, 4) is 28.1 Å². The van der Waals surface area contributed by atoms with Crippen LogP contribution < -0.4 is 4.74 Å². The molecular weight excluding hydrogens is 449 g/mol. The van der Waals surface area contributed by atoms with E-state index < -0.39 is 0 Å². The van der Waals surface area contributed by atoms with Gasteiger partial charge in [0.05, 0.1) is 11.8 Å². The summed E-state index contributed by atoms with van der Waals surface area (Å²) in [5, 5.41) is 0. The minimum atomic E-state index is -0.312. The van der Waals surface area contributed by atoms with Crippen LogP contribution in [0.1, 0.15) is 57.9 Å². The average Bonchev–Trinajstić information content (AvgIpc) is 2.90. The maximum absolute atomic E-state index is 14.6. The highest BCUT2D eigenvalue weighted by Gasteiger charge is 2.08. The summed E-state index contributed by atoms with van der Waals surface area (Å²) in [6.07, 6.45) is 15.1. The van der Waals surface area contributed by atoms with Gasteiger partial charge in [-0.25, -0.2) is 4.39 Å². The van der Waals surface area contributed by atoms with Crippen molar-refractivity contribution in [2.24, 2.45) is 0 Å². The van der Waals surface area contributed by atoms with Gasteiger partial charge in [-0.1, -0.05) is 74.9 Å². The van der Waals surface area contributed by atoms with Gasteiger partial charge in [0.1, 0.15) is 18.2 Å². The van der Waals surface area contributed by atoms with E-state index in [4.69, 9.17) is 9.47 Å². The molecule has 0 saturated heterocycles. The van der Waals surface area contributed by atoms with E-state index in [2.05, 4.69) is 43.6 Å². The first-order valence-corrected chi connectivity index (χ1v) is 13.0. The van der Waals surface area contributed by atoms with E-state index in [0.717, 1.165) is 54.7 Å². The van der Waals surface area contributed by atoms with Gasteiger partial charge in [-0.05, 0) is 61.9 Å². The van der Waals surface area contributed by atoms with E-state index in [-0.39, 0.29) is 5.82 Å². The van der Waals surface area contributed by atoms with Gasteiger partial charge in [0.2, 0.25) is 0 Å². The molecule has 1 heterocycles. The molecule has 0 spiro atoms. The molecule has 0 saturated carbocycles. The molecule has 0 aliphatic rings. The van der Waals surface area contributed by atoms with Crippen molar-refractivity contribution in [2.45, 2.75) is 58.5 Å². The van der Waals surface area contributed by atoms with Crippen LogP contribution in [0.2, 0.25) is 0 Å². The van der Waals surface area contributed by atoms with Crippen molar-refractivity contribution < 1.29 is 13.9 Å². The summed E-state index contributed by atoms with van der Waals surface area (Å²) < 4.78 is 25.8. The number of unbranched alkanes of at least 4 members (excludes halogenated alkanes) is 3. The predicted octanol–water partition coefficient (Wildman–Crippen LogP) is 8.90. The minimum absolute atomic E-state index is 0.312. The van der Waals surface area contributed by atoms with Crippen LogP contribution in [0.25, 0.3) is 28.5 Å². The topological polar surface area (TPSA) is 31.4 Å². The first kappa shape index (κ1) is 27.3. The van der Waals surface area contributed by atoms with Gasteiger partial charge in [0.15, 0.2) is 0 Å². The Morgan fingerprint density at radius 2 is 1.81 bits per heavy atom. The molecule has 0 bridgehead atoms. The number of hydrogen-bond donors (Lipinski definition) is 0. The van der Waals surface area contributed by atoms with Crippen LogP contribution in [-0.4, -0.2) is 24.3 Å². The van der Waals surface area contributed by atoms with Gasteiger partial charge in [0, 0.05) is 30.0 Å². The molecule has 1 atom stereocenters. The van der Waals surface area contributed by atoms with E-state index in [9.17, 15) is 4.39 Å². The summed E-state index contributed by atoms with van der Waals surface area (Å²) >= 11 is 0. The molecule has 1 unspecified atom stereocenters. The van der Waals surface area contributed by atoms with Crippen molar-refractivity contribution in [3.63, 3.8) is 0 Å². The monoisotopic (exact) mass is 487 g/mol. The number of benzene rings is 2. The number of allylic oxidation sites excluding steroid dienone is 1. The molecule has 3 aromatic rings. The number of ether oxygens (including phenoxy) is 2. The number of nitrogens with zero attached hydrogens (tertiary/aromatic N) is 1. The largest absolute Gasteiger partial charge is 0.489 e. The summed E-state index contributed by atoms with van der Waals surface area (Å²) in [6.45, 7) is 9.21. The summed E-state index contributed by atoms with van der Waals surface area (Å²) in [7, 11) is 0. The number of hydrogen-bond acceptors (Lipinski definition) is 3. The Morgan fingerprint density at radius 1 is 1.00 bits per heavy atom. The van der Waals surface area contributed by atoms with Crippen LogP contribution in [0.15, 0.2) is 79.5 Å². The standard InChI is InChI=1S/C32H38FNO2/c1-4-6-10-22-35-25(3)11-8-7-9-12-26-13-20-32(34-24-26)28-16-14-27(15-17-28)30-19-18-29(23-31(30)33)36-21-5-2/h5,9,12-20,23-25H,2,4,6-8,10-11,21-22H2,1,3H3/b12-9+. The van der Waals surface area contributed by atoms with E-state index in [1.165, 1.54) is 18.9 Å². The number of rotatable bonds is 15. The second-order valence-electron chi connectivity index (χ2n) is 9.02. The average molecular weight is 488 g/mol. The van der Waals surface area contributed by atoms with Gasteiger partial charge in [-0.15, -0.1) is 0 Å². The molecule has 36 heavy (non-hydrogen) atoms. The normalized spacial score (nSPS) is 12.1. The molecule has 0 aliphatic heterocycles. The summed E-state index contributed by atoms with van der Waals surface area (Å²) in [5.41, 5.74) is 4.32. The van der Waals surface area contributed by atoms with Crippen LogP contribution in [0.5, 0.6) is 5.75 Å². The smallest absolute Gasteiger partial charge is 0.134 e. The Labute approximate surface area is 215 Å². The fourth-order valence-corrected chi connectivity index (χ4v) is 3.93. The van der Waals surface area contributed by atoms with E-state index in [1.54, 1.807) is 18.2 Å².